The molecular formula is C15H22N2O2S. The highest BCUT2D eigenvalue weighted by Crippen LogP contribution is 2.49. The van der Waals surface area contributed by atoms with Crippen LogP contribution in [-0.4, -0.2) is 29.6 Å². The number of anilines is 1. The first-order chi connectivity index (χ1) is 9.28. The van der Waals surface area contributed by atoms with Gasteiger partial charge in [-0.25, -0.2) is 4.79 Å². The van der Waals surface area contributed by atoms with Crippen LogP contribution >= 0.6 is 11.3 Å². The molecule has 2 unspecified atom stereocenters. The van der Waals surface area contributed by atoms with Gasteiger partial charge >= 0.3 is 5.97 Å². The van der Waals surface area contributed by atoms with Crippen molar-refractivity contribution in [3.63, 3.8) is 0 Å². The zero-order valence-corrected chi connectivity index (χ0v) is 13.3. The van der Waals surface area contributed by atoms with Crippen LogP contribution in [0.3, 0.4) is 0 Å². The lowest BCUT2D eigenvalue weighted by atomic mass is 9.97. The molecule has 1 aromatic rings. The Morgan fingerprint density at radius 1 is 1.40 bits per heavy atom. The summed E-state index contributed by atoms with van der Waals surface area (Å²) in [4.78, 5) is 16.1. The molecule has 20 heavy (non-hydrogen) atoms. The molecule has 2 aliphatic heterocycles. The smallest absolute Gasteiger partial charge is 0.341 e. The van der Waals surface area contributed by atoms with E-state index in [4.69, 9.17) is 10.5 Å². The second-order valence-corrected chi connectivity index (χ2v) is 7.89. The van der Waals surface area contributed by atoms with Crippen LogP contribution in [0.1, 0.15) is 60.5 Å². The van der Waals surface area contributed by atoms with Crippen LogP contribution in [0.2, 0.25) is 0 Å². The molecule has 0 aliphatic carbocycles. The molecule has 4 nitrogen and oxygen atoms in total. The first-order valence-corrected chi connectivity index (χ1v) is 7.96. The number of fused-ring (bicyclic) bond motifs is 4. The van der Waals surface area contributed by atoms with Crippen LogP contribution in [0.4, 0.5) is 5.00 Å². The van der Waals surface area contributed by atoms with Gasteiger partial charge < -0.3 is 10.5 Å². The topological polar surface area (TPSA) is 55.6 Å². The normalized spacial score (nSPS) is 25.6. The number of ether oxygens (including phenoxy) is 1. The maximum atomic E-state index is 12.4. The Labute approximate surface area is 123 Å². The van der Waals surface area contributed by atoms with Crippen LogP contribution in [0.25, 0.3) is 0 Å². The van der Waals surface area contributed by atoms with Crippen LogP contribution in [0, 0.1) is 0 Å². The number of likely N-dealkylation sites (N-methyl/N-ethyl adjacent to an activating group) is 1. The number of nitrogen functional groups attached to an aromatic ring is 1. The Morgan fingerprint density at radius 3 is 2.75 bits per heavy atom. The average Bonchev–Trinajstić information content (AvgIpc) is 2.73. The number of thiophene rings is 1. The summed E-state index contributed by atoms with van der Waals surface area (Å²) in [6.45, 7) is 5.66. The fourth-order valence-corrected chi connectivity index (χ4v) is 4.61. The van der Waals surface area contributed by atoms with Gasteiger partial charge in [-0.2, -0.15) is 0 Å². The van der Waals surface area contributed by atoms with Crippen LogP contribution in [0.15, 0.2) is 0 Å². The summed E-state index contributed by atoms with van der Waals surface area (Å²) in [5.74, 6) is -0.267. The Kier molecular flexibility index (Phi) is 3.10. The summed E-state index contributed by atoms with van der Waals surface area (Å²) in [7, 11) is 2.17. The van der Waals surface area contributed by atoms with Gasteiger partial charge in [0, 0.05) is 17.0 Å². The van der Waals surface area contributed by atoms with Crippen LogP contribution in [0.5, 0.6) is 0 Å². The molecule has 1 saturated heterocycles. The van der Waals surface area contributed by atoms with Crippen LogP contribution in [-0.2, 0) is 11.2 Å². The largest absolute Gasteiger partial charge is 0.456 e. The van der Waals surface area contributed by atoms with Crippen molar-refractivity contribution in [1.82, 2.24) is 4.90 Å². The molecule has 2 aliphatic rings. The van der Waals surface area contributed by atoms with E-state index in [-0.39, 0.29) is 5.97 Å². The second kappa shape index (κ2) is 4.46. The Hall–Kier alpha value is -1.07. The van der Waals surface area contributed by atoms with E-state index in [1.54, 1.807) is 11.3 Å². The van der Waals surface area contributed by atoms with Gasteiger partial charge in [-0.05, 0) is 52.6 Å². The first-order valence-electron chi connectivity index (χ1n) is 7.14. The standard InChI is InChI=1S/C15H22N2O2S/c1-15(2,3)19-14(18)11-9-7-8-5-6-10(17(8)4)12(9)20-13(11)16/h8,10H,5-7,16H2,1-4H3. The van der Waals surface area contributed by atoms with E-state index in [2.05, 4.69) is 11.9 Å². The number of carbonyl (C=O) groups excluding carboxylic acids is 1. The fraction of sp³-hybridized carbons (Fsp3) is 0.667. The summed E-state index contributed by atoms with van der Waals surface area (Å²) >= 11 is 1.57. The molecule has 1 fully saturated rings. The Morgan fingerprint density at radius 2 is 2.10 bits per heavy atom. The summed E-state index contributed by atoms with van der Waals surface area (Å²) in [6.07, 6.45) is 3.29. The molecule has 3 heterocycles. The fourth-order valence-electron chi connectivity index (χ4n) is 3.34. The molecular weight excluding hydrogens is 272 g/mol. The minimum absolute atomic E-state index is 0.267. The third-order valence-corrected chi connectivity index (χ3v) is 5.41. The van der Waals surface area contributed by atoms with Gasteiger partial charge in [0.15, 0.2) is 0 Å². The van der Waals surface area contributed by atoms with Gasteiger partial charge in [0.2, 0.25) is 0 Å². The maximum absolute atomic E-state index is 12.4. The van der Waals surface area contributed by atoms with Gasteiger partial charge in [-0.15, -0.1) is 11.3 Å². The molecule has 0 aromatic carbocycles. The highest BCUT2D eigenvalue weighted by Gasteiger charge is 2.42. The quantitative estimate of drug-likeness (QED) is 0.809. The molecule has 0 radical (unpaired) electrons. The first kappa shape index (κ1) is 13.9. The van der Waals surface area contributed by atoms with Crippen molar-refractivity contribution in [2.75, 3.05) is 12.8 Å². The van der Waals surface area contributed by atoms with Gasteiger partial charge in [0.05, 0.1) is 5.56 Å². The maximum Gasteiger partial charge on any atom is 0.341 e. The van der Waals surface area contributed by atoms with Gasteiger partial charge in [0.25, 0.3) is 0 Å². The predicted molar refractivity (Wildman–Crippen MR) is 81.1 cm³/mol. The van der Waals surface area contributed by atoms with Crippen molar-refractivity contribution < 1.29 is 9.53 Å². The third-order valence-electron chi connectivity index (χ3n) is 4.25. The minimum atomic E-state index is -0.483. The highest BCUT2D eigenvalue weighted by atomic mass is 32.1. The molecule has 0 spiro atoms. The lowest BCUT2D eigenvalue weighted by Crippen LogP contribution is -2.34. The van der Waals surface area contributed by atoms with E-state index < -0.39 is 5.60 Å². The molecule has 2 N–H and O–H groups in total. The summed E-state index contributed by atoms with van der Waals surface area (Å²) in [5.41, 5.74) is 7.41. The van der Waals surface area contributed by atoms with Gasteiger partial charge in [-0.3, -0.25) is 4.90 Å². The van der Waals surface area contributed by atoms with E-state index in [1.165, 1.54) is 17.7 Å². The van der Waals surface area contributed by atoms with Crippen LogP contribution < -0.4 is 5.73 Å². The van der Waals surface area contributed by atoms with Crippen molar-refractivity contribution in [1.29, 1.82) is 0 Å². The zero-order valence-electron chi connectivity index (χ0n) is 12.5. The SMILES string of the molecule is CN1C2CCC1c1sc(N)c(C(=O)OC(C)(C)C)c1C2. The van der Waals surface area contributed by atoms with E-state index in [0.717, 1.165) is 12.0 Å². The van der Waals surface area contributed by atoms with E-state index >= 15 is 0 Å². The van der Waals surface area contributed by atoms with Crippen molar-refractivity contribution in [2.24, 2.45) is 0 Å². The van der Waals surface area contributed by atoms with E-state index in [9.17, 15) is 4.79 Å². The Balaban J connectivity index is 1.99. The number of esters is 1. The van der Waals surface area contributed by atoms with E-state index in [1.807, 2.05) is 20.8 Å². The molecule has 0 saturated carbocycles. The highest BCUT2D eigenvalue weighted by molar-refractivity contribution is 7.16. The molecule has 2 bridgehead atoms. The number of nitrogens with zero attached hydrogens (tertiary/aromatic N) is 1. The van der Waals surface area contributed by atoms with Gasteiger partial charge in [0.1, 0.15) is 10.6 Å². The number of hydrogen-bond donors (Lipinski definition) is 1. The number of rotatable bonds is 1. The van der Waals surface area contributed by atoms with Gasteiger partial charge in [-0.1, -0.05) is 0 Å². The van der Waals surface area contributed by atoms with Crippen molar-refractivity contribution in [2.45, 2.75) is 57.7 Å². The van der Waals surface area contributed by atoms with Crippen molar-refractivity contribution in [3.05, 3.63) is 16.0 Å². The molecule has 5 heteroatoms. The monoisotopic (exact) mass is 294 g/mol. The average molecular weight is 294 g/mol. The second-order valence-electron chi connectivity index (χ2n) is 6.80. The summed E-state index contributed by atoms with van der Waals surface area (Å²) in [6, 6.07) is 0.981. The lowest BCUT2D eigenvalue weighted by molar-refractivity contribution is 0.00693. The number of nitrogens with two attached hydrogens (primary N) is 1. The molecule has 1 aromatic heterocycles. The molecule has 0 amide bonds. The summed E-state index contributed by atoms with van der Waals surface area (Å²) in [5, 5.41) is 0.616. The molecule has 110 valence electrons. The Bertz CT molecular complexity index is 559. The third kappa shape index (κ3) is 2.13. The molecule has 2 atom stereocenters. The number of hydrogen-bond acceptors (Lipinski definition) is 5. The predicted octanol–water partition coefficient (Wildman–Crippen LogP) is 2.98. The lowest BCUT2D eigenvalue weighted by Gasteiger charge is -2.31. The number of carbonyl (C=O) groups is 1. The minimum Gasteiger partial charge on any atom is -0.456 e. The molecule has 3 rings (SSSR count). The van der Waals surface area contributed by atoms with Crippen molar-refractivity contribution >= 4 is 22.3 Å². The van der Waals surface area contributed by atoms with Crippen molar-refractivity contribution in [3.8, 4) is 0 Å². The van der Waals surface area contributed by atoms with E-state index in [0.29, 0.717) is 22.6 Å². The summed E-state index contributed by atoms with van der Waals surface area (Å²) < 4.78 is 5.52. The zero-order chi connectivity index (χ0) is 14.7.